The Bertz CT molecular complexity index is 425. The van der Waals surface area contributed by atoms with Gasteiger partial charge in [0.05, 0.1) is 11.7 Å². The van der Waals surface area contributed by atoms with Gasteiger partial charge >= 0.3 is 0 Å². The average molecular weight is 252 g/mol. The maximum absolute atomic E-state index is 11.9. The second kappa shape index (κ2) is 6.00. The van der Waals surface area contributed by atoms with Crippen LogP contribution in [-0.4, -0.2) is 40.2 Å². The van der Waals surface area contributed by atoms with Crippen molar-refractivity contribution in [3.63, 3.8) is 0 Å². The number of aromatic nitrogens is 2. The van der Waals surface area contributed by atoms with Crippen molar-refractivity contribution in [3.8, 4) is 0 Å². The molecule has 0 aliphatic heterocycles. The van der Waals surface area contributed by atoms with Crippen LogP contribution in [0.15, 0.2) is 0 Å². The largest absolute Gasteiger partial charge is 0.345 e. The number of carbonyl (C=O) groups is 1. The molecule has 0 aliphatic rings. The minimum atomic E-state index is -0.172. The van der Waals surface area contributed by atoms with Crippen molar-refractivity contribution in [2.45, 2.75) is 40.3 Å². The summed E-state index contributed by atoms with van der Waals surface area (Å²) < 4.78 is 1.87. The molecule has 1 atom stereocenters. The van der Waals surface area contributed by atoms with E-state index < -0.39 is 0 Å². The molecular formula is C13H24N4O. The molecule has 0 saturated heterocycles. The van der Waals surface area contributed by atoms with E-state index in [0.29, 0.717) is 6.54 Å². The summed E-state index contributed by atoms with van der Waals surface area (Å²) in [6.07, 6.45) is 0. The van der Waals surface area contributed by atoms with Crippen LogP contribution in [0.5, 0.6) is 0 Å². The molecule has 5 nitrogen and oxygen atoms in total. The van der Waals surface area contributed by atoms with Crippen molar-refractivity contribution in [1.82, 2.24) is 20.0 Å². The summed E-state index contributed by atoms with van der Waals surface area (Å²) in [5.41, 5.74) is 3.34. The SMILES string of the molecule is CCN(C)C(=O)C(C)NCc1c(C)nn(C)c1C. The number of rotatable bonds is 5. The predicted octanol–water partition coefficient (Wildman–Crippen LogP) is 0.993. The Balaban J connectivity index is 2.63. The van der Waals surface area contributed by atoms with E-state index in [1.807, 2.05) is 46.5 Å². The van der Waals surface area contributed by atoms with Crippen LogP contribution in [0.2, 0.25) is 0 Å². The summed E-state index contributed by atoms with van der Waals surface area (Å²) in [6.45, 7) is 9.32. The highest BCUT2D eigenvalue weighted by atomic mass is 16.2. The zero-order valence-electron chi connectivity index (χ0n) is 12.2. The van der Waals surface area contributed by atoms with E-state index in [0.717, 1.165) is 17.9 Å². The Kier molecular flexibility index (Phi) is 4.90. The van der Waals surface area contributed by atoms with Crippen molar-refractivity contribution in [2.75, 3.05) is 13.6 Å². The van der Waals surface area contributed by atoms with Gasteiger partial charge in [-0.3, -0.25) is 9.48 Å². The predicted molar refractivity (Wildman–Crippen MR) is 72.3 cm³/mol. The first-order valence-electron chi connectivity index (χ1n) is 6.35. The summed E-state index contributed by atoms with van der Waals surface area (Å²) in [7, 11) is 3.76. The normalized spacial score (nSPS) is 12.6. The third-order valence-corrected chi connectivity index (χ3v) is 3.46. The lowest BCUT2D eigenvalue weighted by molar-refractivity contribution is -0.131. The summed E-state index contributed by atoms with van der Waals surface area (Å²) in [6, 6.07) is -0.172. The topological polar surface area (TPSA) is 50.2 Å². The highest BCUT2D eigenvalue weighted by Crippen LogP contribution is 2.11. The standard InChI is InChI=1S/C13H24N4O/c1-7-16(5)13(18)10(3)14-8-12-9(2)15-17(6)11(12)4/h10,14H,7-8H2,1-6H3. The molecular weight excluding hydrogens is 228 g/mol. The summed E-state index contributed by atoms with van der Waals surface area (Å²) >= 11 is 0. The first-order valence-corrected chi connectivity index (χ1v) is 6.35. The van der Waals surface area contributed by atoms with Crippen LogP contribution in [0.4, 0.5) is 0 Å². The molecule has 1 amide bonds. The van der Waals surface area contributed by atoms with E-state index in [1.165, 1.54) is 5.56 Å². The molecule has 1 heterocycles. The van der Waals surface area contributed by atoms with Crippen LogP contribution in [0.3, 0.4) is 0 Å². The van der Waals surface area contributed by atoms with Gasteiger partial charge in [0, 0.05) is 38.4 Å². The molecule has 102 valence electrons. The number of aryl methyl sites for hydroxylation is 2. The third-order valence-electron chi connectivity index (χ3n) is 3.46. The van der Waals surface area contributed by atoms with Gasteiger partial charge in [0.15, 0.2) is 0 Å². The number of hydrogen-bond donors (Lipinski definition) is 1. The molecule has 0 spiro atoms. The number of amides is 1. The van der Waals surface area contributed by atoms with Crippen LogP contribution in [0, 0.1) is 13.8 Å². The zero-order chi connectivity index (χ0) is 13.9. The Morgan fingerprint density at radius 3 is 2.56 bits per heavy atom. The summed E-state index contributed by atoms with van der Waals surface area (Å²) in [5.74, 6) is 0.122. The van der Waals surface area contributed by atoms with Crippen molar-refractivity contribution >= 4 is 5.91 Å². The highest BCUT2D eigenvalue weighted by Gasteiger charge is 2.17. The van der Waals surface area contributed by atoms with Crippen molar-refractivity contribution < 1.29 is 4.79 Å². The molecule has 5 heteroatoms. The van der Waals surface area contributed by atoms with Gasteiger partial charge in [-0.2, -0.15) is 5.10 Å². The summed E-state index contributed by atoms with van der Waals surface area (Å²) in [4.78, 5) is 13.6. The molecule has 0 saturated carbocycles. The van der Waals surface area contributed by atoms with Crippen molar-refractivity contribution in [2.24, 2.45) is 7.05 Å². The molecule has 0 radical (unpaired) electrons. The van der Waals surface area contributed by atoms with Crippen molar-refractivity contribution in [1.29, 1.82) is 0 Å². The minimum Gasteiger partial charge on any atom is -0.345 e. The number of hydrogen-bond acceptors (Lipinski definition) is 3. The Hall–Kier alpha value is -1.36. The second-order valence-corrected chi connectivity index (χ2v) is 4.73. The number of likely N-dealkylation sites (N-methyl/N-ethyl adjacent to an activating group) is 1. The molecule has 1 aromatic heterocycles. The lowest BCUT2D eigenvalue weighted by Gasteiger charge is -2.20. The Morgan fingerprint density at radius 1 is 1.50 bits per heavy atom. The molecule has 1 unspecified atom stereocenters. The van der Waals surface area contributed by atoms with E-state index in [-0.39, 0.29) is 11.9 Å². The monoisotopic (exact) mass is 252 g/mol. The van der Waals surface area contributed by atoms with Gasteiger partial charge in [0.1, 0.15) is 0 Å². The number of carbonyl (C=O) groups excluding carboxylic acids is 1. The molecule has 0 aliphatic carbocycles. The van der Waals surface area contributed by atoms with Gasteiger partial charge in [-0.05, 0) is 27.7 Å². The van der Waals surface area contributed by atoms with Gasteiger partial charge in [0.25, 0.3) is 0 Å². The van der Waals surface area contributed by atoms with Gasteiger partial charge < -0.3 is 10.2 Å². The molecule has 1 N–H and O–H groups in total. The highest BCUT2D eigenvalue weighted by molar-refractivity contribution is 5.81. The second-order valence-electron chi connectivity index (χ2n) is 4.73. The van der Waals surface area contributed by atoms with Gasteiger partial charge in [0.2, 0.25) is 5.91 Å². The average Bonchev–Trinajstić information content (AvgIpc) is 2.59. The van der Waals surface area contributed by atoms with E-state index in [2.05, 4.69) is 10.4 Å². The van der Waals surface area contributed by atoms with E-state index in [9.17, 15) is 4.79 Å². The lowest BCUT2D eigenvalue weighted by Crippen LogP contribution is -2.42. The van der Waals surface area contributed by atoms with Crippen LogP contribution < -0.4 is 5.32 Å². The third kappa shape index (κ3) is 3.10. The smallest absolute Gasteiger partial charge is 0.239 e. The fourth-order valence-electron chi connectivity index (χ4n) is 1.90. The molecule has 1 rings (SSSR count). The quantitative estimate of drug-likeness (QED) is 0.850. The van der Waals surface area contributed by atoms with Gasteiger partial charge in [-0.25, -0.2) is 0 Å². The number of nitrogens with one attached hydrogen (secondary N) is 1. The Morgan fingerprint density at radius 2 is 2.11 bits per heavy atom. The van der Waals surface area contributed by atoms with E-state index >= 15 is 0 Å². The maximum Gasteiger partial charge on any atom is 0.239 e. The number of nitrogens with zero attached hydrogens (tertiary/aromatic N) is 3. The molecule has 0 aromatic carbocycles. The molecule has 0 fully saturated rings. The first-order chi connectivity index (χ1) is 8.38. The molecule has 0 bridgehead atoms. The Labute approximate surface area is 109 Å². The fraction of sp³-hybridized carbons (Fsp3) is 0.692. The molecule has 18 heavy (non-hydrogen) atoms. The first kappa shape index (κ1) is 14.7. The van der Waals surface area contributed by atoms with E-state index in [4.69, 9.17) is 0 Å². The fourth-order valence-corrected chi connectivity index (χ4v) is 1.90. The van der Waals surface area contributed by atoms with E-state index in [1.54, 1.807) is 4.90 Å². The molecule has 1 aromatic rings. The summed E-state index contributed by atoms with van der Waals surface area (Å²) in [5, 5.41) is 7.63. The minimum absolute atomic E-state index is 0.122. The zero-order valence-corrected chi connectivity index (χ0v) is 12.2. The lowest BCUT2D eigenvalue weighted by atomic mass is 10.2. The van der Waals surface area contributed by atoms with Crippen LogP contribution in [-0.2, 0) is 18.4 Å². The van der Waals surface area contributed by atoms with Crippen molar-refractivity contribution in [3.05, 3.63) is 17.0 Å². The maximum atomic E-state index is 11.9. The van der Waals surface area contributed by atoms with Gasteiger partial charge in [-0.1, -0.05) is 0 Å². The van der Waals surface area contributed by atoms with Crippen LogP contribution >= 0.6 is 0 Å². The van der Waals surface area contributed by atoms with Gasteiger partial charge in [-0.15, -0.1) is 0 Å². The van der Waals surface area contributed by atoms with Crippen LogP contribution in [0.1, 0.15) is 30.8 Å². The van der Waals surface area contributed by atoms with Crippen LogP contribution in [0.25, 0.3) is 0 Å².